The molecule has 3 atom stereocenters. The molecule has 0 radical (unpaired) electrons. The Bertz CT molecular complexity index is 1410. The van der Waals surface area contributed by atoms with Gasteiger partial charge in [-0.25, -0.2) is 4.98 Å². The quantitative estimate of drug-likeness (QED) is 0.333. The van der Waals surface area contributed by atoms with Crippen molar-refractivity contribution < 1.29 is 37.0 Å². The van der Waals surface area contributed by atoms with E-state index in [2.05, 4.69) is 15.2 Å². The van der Waals surface area contributed by atoms with E-state index in [0.29, 0.717) is 18.7 Å². The molecule has 1 unspecified atom stereocenters. The predicted octanol–water partition coefficient (Wildman–Crippen LogP) is 4.80. The molecule has 2 fully saturated rings. The van der Waals surface area contributed by atoms with Gasteiger partial charge < -0.3 is 30.7 Å². The van der Waals surface area contributed by atoms with Gasteiger partial charge in [-0.05, 0) is 71.6 Å². The van der Waals surface area contributed by atoms with Gasteiger partial charge in [0.25, 0.3) is 17.7 Å². The Morgan fingerprint density at radius 1 is 0.977 bits per heavy atom. The molecule has 44 heavy (non-hydrogen) atoms. The Morgan fingerprint density at radius 2 is 1.55 bits per heavy atom. The number of nitrogens with zero attached hydrogens (tertiary/aromatic N) is 2. The highest BCUT2D eigenvalue weighted by atomic mass is 35.5. The molecular weight excluding hydrogens is 626 g/mol. The zero-order chi connectivity index (χ0) is 32.6. The smallest absolute Gasteiger partial charge is 0.405 e. The number of halogens is 5. The van der Waals surface area contributed by atoms with E-state index in [4.69, 9.17) is 38.4 Å². The zero-order valence-corrected chi connectivity index (χ0v) is 26.1. The van der Waals surface area contributed by atoms with Crippen LogP contribution in [0.1, 0.15) is 63.7 Å². The monoisotopic (exact) mass is 659 g/mol. The van der Waals surface area contributed by atoms with Crippen LogP contribution in [0.15, 0.2) is 30.5 Å². The van der Waals surface area contributed by atoms with Crippen LogP contribution in [0.25, 0.3) is 0 Å². The Morgan fingerprint density at radius 3 is 2.05 bits per heavy atom. The van der Waals surface area contributed by atoms with Crippen molar-refractivity contribution in [1.82, 2.24) is 15.6 Å². The van der Waals surface area contributed by atoms with Gasteiger partial charge in [-0.15, -0.1) is 0 Å². The number of nitrogens with two attached hydrogens (primary N) is 1. The fraction of sp³-hybridized carbons (Fsp3) is 0.517. The number of ether oxygens (including phenoxy) is 2. The molecule has 240 valence electrons. The fourth-order valence-electron chi connectivity index (χ4n) is 5.30. The van der Waals surface area contributed by atoms with Crippen molar-refractivity contribution in [1.29, 1.82) is 0 Å². The first-order valence-corrected chi connectivity index (χ1v) is 14.7. The highest BCUT2D eigenvalue weighted by molar-refractivity contribution is 6.36. The van der Waals surface area contributed by atoms with Crippen molar-refractivity contribution in [2.75, 3.05) is 11.4 Å². The molecule has 2 saturated heterocycles. The van der Waals surface area contributed by atoms with E-state index in [1.165, 1.54) is 38.2 Å². The average Bonchev–Trinajstić information content (AvgIpc) is 3.19. The SMILES string of the molecule is CC(C)(Oc1cc(OC(C)(C)C(=O)NC2C[C@H]3CC[C@@H](C2)N3c2ccc(C(=O)NCC(F)(F)F)cn2)c(Cl)cc1Cl)C(N)=O. The predicted molar refractivity (Wildman–Crippen MR) is 158 cm³/mol. The third-order valence-corrected chi connectivity index (χ3v) is 8.24. The number of amides is 3. The van der Waals surface area contributed by atoms with Gasteiger partial charge in [0.15, 0.2) is 11.2 Å². The summed E-state index contributed by atoms with van der Waals surface area (Å²) in [5.41, 5.74) is 2.72. The van der Waals surface area contributed by atoms with E-state index in [1.807, 2.05) is 5.32 Å². The lowest BCUT2D eigenvalue weighted by Crippen LogP contribution is -2.55. The Balaban J connectivity index is 1.38. The van der Waals surface area contributed by atoms with Gasteiger partial charge in [0.1, 0.15) is 23.9 Å². The van der Waals surface area contributed by atoms with E-state index < -0.39 is 35.7 Å². The minimum atomic E-state index is -4.50. The number of pyridine rings is 1. The van der Waals surface area contributed by atoms with Crippen molar-refractivity contribution in [3.8, 4) is 11.5 Å². The molecule has 2 aliphatic rings. The second kappa shape index (κ2) is 12.5. The van der Waals surface area contributed by atoms with Crippen molar-refractivity contribution in [2.24, 2.45) is 5.73 Å². The third kappa shape index (κ3) is 7.79. The van der Waals surface area contributed by atoms with Crippen LogP contribution in [0.2, 0.25) is 10.0 Å². The molecule has 1 aromatic carbocycles. The summed E-state index contributed by atoms with van der Waals surface area (Å²) in [6.45, 7) is 4.75. The summed E-state index contributed by atoms with van der Waals surface area (Å²) >= 11 is 12.6. The molecule has 3 heterocycles. The highest BCUT2D eigenvalue weighted by Crippen LogP contribution is 2.40. The number of hydrogen-bond donors (Lipinski definition) is 3. The maximum absolute atomic E-state index is 13.4. The number of carbonyl (C=O) groups excluding carboxylic acids is 3. The van der Waals surface area contributed by atoms with E-state index >= 15 is 0 Å². The molecule has 2 bridgehead atoms. The van der Waals surface area contributed by atoms with Gasteiger partial charge >= 0.3 is 6.18 Å². The minimum Gasteiger partial charge on any atom is -0.476 e. The summed E-state index contributed by atoms with van der Waals surface area (Å²) in [4.78, 5) is 43.7. The normalized spacial score (nSPS) is 20.2. The van der Waals surface area contributed by atoms with Crippen molar-refractivity contribution in [3.05, 3.63) is 46.1 Å². The van der Waals surface area contributed by atoms with E-state index in [0.717, 1.165) is 12.8 Å². The number of fused-ring (bicyclic) bond motifs is 2. The van der Waals surface area contributed by atoms with E-state index in [9.17, 15) is 27.6 Å². The summed E-state index contributed by atoms with van der Waals surface area (Å²) in [5, 5.41) is 5.20. The molecule has 10 nitrogen and oxygen atoms in total. The van der Waals surface area contributed by atoms with Crippen LogP contribution in [-0.4, -0.2) is 64.8 Å². The minimum absolute atomic E-state index is 0.0331. The number of anilines is 1. The van der Waals surface area contributed by atoms with Crippen LogP contribution in [0.4, 0.5) is 19.0 Å². The first kappa shape index (κ1) is 33.4. The second-order valence-corrected chi connectivity index (χ2v) is 12.8. The van der Waals surface area contributed by atoms with Crippen LogP contribution >= 0.6 is 23.2 Å². The molecule has 2 aromatic rings. The Kier molecular flexibility index (Phi) is 9.51. The molecule has 3 amide bonds. The molecule has 4 N–H and O–H groups in total. The van der Waals surface area contributed by atoms with Crippen molar-refractivity contribution in [2.45, 2.75) is 88.9 Å². The summed E-state index contributed by atoms with van der Waals surface area (Å²) in [5.74, 6) is -1.07. The topological polar surface area (TPSA) is 136 Å². The molecular formula is C29H34Cl2F3N5O5. The largest absolute Gasteiger partial charge is 0.476 e. The van der Waals surface area contributed by atoms with Gasteiger partial charge in [-0.3, -0.25) is 14.4 Å². The summed E-state index contributed by atoms with van der Waals surface area (Å²) in [6, 6.07) is 5.86. The van der Waals surface area contributed by atoms with Crippen molar-refractivity contribution in [3.63, 3.8) is 0 Å². The number of nitrogens with one attached hydrogen (secondary N) is 2. The molecule has 0 aliphatic carbocycles. The maximum Gasteiger partial charge on any atom is 0.405 e. The van der Waals surface area contributed by atoms with Gasteiger partial charge in [0, 0.05) is 30.4 Å². The van der Waals surface area contributed by atoms with E-state index in [-0.39, 0.29) is 51.1 Å². The number of alkyl halides is 3. The lowest BCUT2D eigenvalue weighted by molar-refractivity contribution is -0.135. The Labute approximate surface area is 262 Å². The first-order valence-electron chi connectivity index (χ1n) is 13.9. The molecule has 0 spiro atoms. The lowest BCUT2D eigenvalue weighted by atomic mass is 9.96. The van der Waals surface area contributed by atoms with Crippen LogP contribution in [0, 0.1) is 0 Å². The molecule has 4 rings (SSSR count). The molecule has 0 saturated carbocycles. The number of rotatable bonds is 10. The van der Waals surface area contributed by atoms with E-state index in [1.54, 1.807) is 19.9 Å². The van der Waals surface area contributed by atoms with Crippen LogP contribution in [0.3, 0.4) is 0 Å². The summed E-state index contributed by atoms with van der Waals surface area (Å²) in [6.07, 6.45) is -0.226. The van der Waals surface area contributed by atoms with Crippen LogP contribution in [-0.2, 0) is 9.59 Å². The number of benzene rings is 1. The second-order valence-electron chi connectivity index (χ2n) is 11.9. The maximum atomic E-state index is 13.4. The number of carbonyl (C=O) groups is 3. The van der Waals surface area contributed by atoms with Gasteiger partial charge in [-0.1, -0.05) is 23.2 Å². The highest BCUT2D eigenvalue weighted by Gasteiger charge is 2.43. The number of primary amides is 1. The number of piperidine rings is 1. The summed E-state index contributed by atoms with van der Waals surface area (Å²) < 4.78 is 49.0. The van der Waals surface area contributed by atoms with Gasteiger partial charge in [0.05, 0.1) is 15.6 Å². The molecule has 15 heteroatoms. The standard InChI is InChI=1S/C29H34Cl2F3N5O5/c1-27(2,25(35)41)43-21-12-22(20(31)11-19(21)30)44-28(3,4)26(42)38-16-9-17-6-7-18(10-16)39(17)23-8-5-15(13-36-23)24(40)37-14-29(32,33)34/h5,8,11-13,16-18H,6-7,9-10,14H2,1-4H3,(H2,35,41)(H,37,40)(H,38,42)/t16?,17-,18+. The van der Waals surface area contributed by atoms with Crippen molar-refractivity contribution >= 4 is 46.7 Å². The van der Waals surface area contributed by atoms with Gasteiger partial charge in [-0.2, -0.15) is 13.2 Å². The molecule has 1 aromatic heterocycles. The number of hydrogen-bond acceptors (Lipinski definition) is 7. The average molecular weight is 661 g/mol. The van der Waals surface area contributed by atoms with Gasteiger partial charge in [0.2, 0.25) is 0 Å². The van der Waals surface area contributed by atoms with Crippen LogP contribution in [0.5, 0.6) is 11.5 Å². The fourth-order valence-corrected chi connectivity index (χ4v) is 5.76. The Hall–Kier alpha value is -3.45. The third-order valence-electron chi connectivity index (χ3n) is 7.65. The number of aromatic nitrogens is 1. The molecule has 2 aliphatic heterocycles. The zero-order valence-electron chi connectivity index (χ0n) is 24.6. The first-order chi connectivity index (χ1) is 20.4. The van der Waals surface area contributed by atoms with Crippen LogP contribution < -0.4 is 30.7 Å². The lowest BCUT2D eigenvalue weighted by Gasteiger charge is -2.41. The summed E-state index contributed by atoms with van der Waals surface area (Å²) in [7, 11) is 0.